The summed E-state index contributed by atoms with van der Waals surface area (Å²) in [6.45, 7) is 2.78. The first kappa shape index (κ1) is 16.0. The van der Waals surface area contributed by atoms with Crippen LogP contribution in [0.3, 0.4) is 0 Å². The summed E-state index contributed by atoms with van der Waals surface area (Å²) in [5.41, 5.74) is 2.75. The third-order valence-electron chi connectivity index (χ3n) is 3.89. The zero-order valence-electron chi connectivity index (χ0n) is 13.0. The standard InChI is InChI=1S/C17H19ClN2O3/c1-12-9-13(23-19-12)10-22-11-17(21)20-8-3-2-5-14-15(18)6-4-7-16(14)20/h4,6-7,9H,2-3,5,8,10-11H2,1H3. The van der Waals surface area contributed by atoms with Gasteiger partial charge >= 0.3 is 0 Å². The van der Waals surface area contributed by atoms with E-state index < -0.39 is 0 Å². The van der Waals surface area contributed by atoms with E-state index in [2.05, 4.69) is 5.16 Å². The van der Waals surface area contributed by atoms with Gasteiger partial charge in [-0.1, -0.05) is 22.8 Å². The summed E-state index contributed by atoms with van der Waals surface area (Å²) in [5.74, 6) is 0.557. The number of amides is 1. The molecule has 0 bridgehead atoms. The van der Waals surface area contributed by atoms with Gasteiger partial charge < -0.3 is 14.2 Å². The fourth-order valence-corrected chi connectivity index (χ4v) is 3.06. The first-order valence-electron chi connectivity index (χ1n) is 7.73. The lowest BCUT2D eigenvalue weighted by Gasteiger charge is -2.23. The summed E-state index contributed by atoms with van der Waals surface area (Å²) in [6.07, 6.45) is 2.88. The van der Waals surface area contributed by atoms with Crippen molar-refractivity contribution >= 4 is 23.2 Å². The highest BCUT2D eigenvalue weighted by Gasteiger charge is 2.22. The van der Waals surface area contributed by atoms with Crippen LogP contribution in [-0.4, -0.2) is 24.2 Å². The minimum atomic E-state index is -0.0633. The Bertz CT molecular complexity index is 699. The summed E-state index contributed by atoms with van der Waals surface area (Å²) < 4.78 is 10.5. The fraction of sp³-hybridized carbons (Fsp3) is 0.412. The van der Waals surface area contributed by atoms with Crippen molar-refractivity contribution in [1.29, 1.82) is 0 Å². The van der Waals surface area contributed by atoms with Crippen LogP contribution in [-0.2, 0) is 22.6 Å². The minimum Gasteiger partial charge on any atom is -0.364 e. The van der Waals surface area contributed by atoms with Crippen molar-refractivity contribution in [3.8, 4) is 0 Å². The molecule has 1 aromatic carbocycles. The number of aromatic nitrogens is 1. The molecule has 5 nitrogen and oxygen atoms in total. The molecule has 3 rings (SSSR count). The maximum atomic E-state index is 12.5. The van der Waals surface area contributed by atoms with E-state index >= 15 is 0 Å². The zero-order chi connectivity index (χ0) is 16.2. The van der Waals surface area contributed by atoms with Crippen molar-refractivity contribution in [1.82, 2.24) is 5.16 Å². The van der Waals surface area contributed by atoms with Crippen LogP contribution < -0.4 is 4.90 Å². The van der Waals surface area contributed by atoms with Gasteiger partial charge in [-0.05, 0) is 43.9 Å². The van der Waals surface area contributed by atoms with Gasteiger partial charge in [0.1, 0.15) is 13.2 Å². The van der Waals surface area contributed by atoms with Crippen molar-refractivity contribution in [3.63, 3.8) is 0 Å². The molecule has 23 heavy (non-hydrogen) atoms. The number of anilines is 1. The number of hydrogen-bond acceptors (Lipinski definition) is 4. The van der Waals surface area contributed by atoms with Gasteiger partial charge in [0.25, 0.3) is 5.91 Å². The Morgan fingerprint density at radius 2 is 2.30 bits per heavy atom. The normalized spacial score (nSPS) is 14.4. The van der Waals surface area contributed by atoms with Crippen LogP contribution >= 0.6 is 11.6 Å². The van der Waals surface area contributed by atoms with Crippen LogP contribution in [0.25, 0.3) is 0 Å². The topological polar surface area (TPSA) is 55.6 Å². The van der Waals surface area contributed by atoms with Gasteiger partial charge in [-0.3, -0.25) is 4.79 Å². The lowest BCUT2D eigenvalue weighted by molar-refractivity contribution is -0.123. The van der Waals surface area contributed by atoms with E-state index in [1.807, 2.05) is 25.1 Å². The molecule has 0 fully saturated rings. The molecular weight excluding hydrogens is 316 g/mol. The van der Waals surface area contributed by atoms with Gasteiger partial charge in [-0.2, -0.15) is 0 Å². The van der Waals surface area contributed by atoms with Crippen LogP contribution in [0.15, 0.2) is 28.8 Å². The summed E-state index contributed by atoms with van der Waals surface area (Å²) in [4.78, 5) is 14.3. The van der Waals surface area contributed by atoms with Crippen molar-refractivity contribution in [2.45, 2.75) is 32.8 Å². The monoisotopic (exact) mass is 334 g/mol. The summed E-state index contributed by atoms with van der Waals surface area (Å²) in [5, 5.41) is 4.51. The van der Waals surface area contributed by atoms with Crippen molar-refractivity contribution < 1.29 is 14.1 Å². The SMILES string of the molecule is Cc1cc(COCC(=O)N2CCCCc3c(Cl)cccc32)on1. The molecule has 0 saturated carbocycles. The second-order valence-electron chi connectivity index (χ2n) is 5.67. The van der Waals surface area contributed by atoms with Crippen LogP contribution in [0.2, 0.25) is 5.02 Å². The van der Waals surface area contributed by atoms with Gasteiger partial charge in [0, 0.05) is 23.3 Å². The minimum absolute atomic E-state index is 0.00566. The summed E-state index contributed by atoms with van der Waals surface area (Å²) in [6, 6.07) is 7.50. The number of aryl methyl sites for hydroxylation is 1. The van der Waals surface area contributed by atoms with Crippen LogP contribution in [0.4, 0.5) is 5.69 Å². The van der Waals surface area contributed by atoms with Crippen molar-refractivity contribution in [3.05, 3.63) is 46.3 Å². The summed E-state index contributed by atoms with van der Waals surface area (Å²) >= 11 is 6.28. The van der Waals surface area contributed by atoms with Crippen LogP contribution in [0.5, 0.6) is 0 Å². The molecule has 0 spiro atoms. The Hall–Kier alpha value is -1.85. The molecule has 1 aromatic heterocycles. The third-order valence-corrected chi connectivity index (χ3v) is 4.25. The highest BCUT2D eigenvalue weighted by molar-refractivity contribution is 6.31. The number of ether oxygens (including phenoxy) is 1. The number of carbonyl (C=O) groups is 1. The number of nitrogens with zero attached hydrogens (tertiary/aromatic N) is 2. The number of fused-ring (bicyclic) bond motifs is 1. The van der Waals surface area contributed by atoms with E-state index in [-0.39, 0.29) is 19.1 Å². The third kappa shape index (κ3) is 3.74. The van der Waals surface area contributed by atoms with Gasteiger partial charge in [0.2, 0.25) is 0 Å². The molecule has 0 unspecified atom stereocenters. The molecule has 122 valence electrons. The second kappa shape index (κ2) is 7.15. The van der Waals surface area contributed by atoms with Crippen molar-refractivity contribution in [2.24, 2.45) is 0 Å². The largest absolute Gasteiger partial charge is 0.364 e. The first-order chi connectivity index (χ1) is 11.1. The maximum absolute atomic E-state index is 12.5. The van der Waals surface area contributed by atoms with E-state index in [9.17, 15) is 4.79 Å². The Morgan fingerprint density at radius 3 is 3.09 bits per heavy atom. The average molecular weight is 335 g/mol. The Morgan fingerprint density at radius 1 is 1.43 bits per heavy atom. The number of halogens is 1. The molecule has 1 aliphatic heterocycles. The predicted molar refractivity (Wildman–Crippen MR) is 87.6 cm³/mol. The maximum Gasteiger partial charge on any atom is 0.252 e. The van der Waals surface area contributed by atoms with Crippen LogP contribution in [0, 0.1) is 6.92 Å². The molecule has 0 radical (unpaired) electrons. The quantitative estimate of drug-likeness (QED) is 0.858. The van der Waals surface area contributed by atoms with Gasteiger partial charge in [0.05, 0.1) is 5.69 Å². The van der Waals surface area contributed by atoms with E-state index in [0.717, 1.165) is 41.2 Å². The molecule has 0 saturated heterocycles. The fourth-order valence-electron chi connectivity index (χ4n) is 2.80. The molecule has 1 aliphatic rings. The second-order valence-corrected chi connectivity index (χ2v) is 6.07. The highest BCUT2D eigenvalue weighted by Crippen LogP contribution is 2.31. The zero-order valence-corrected chi connectivity index (χ0v) is 13.8. The lowest BCUT2D eigenvalue weighted by Crippen LogP contribution is -2.34. The highest BCUT2D eigenvalue weighted by atomic mass is 35.5. The summed E-state index contributed by atoms with van der Waals surface area (Å²) in [7, 11) is 0. The molecule has 0 atom stereocenters. The van der Waals surface area contributed by atoms with Gasteiger partial charge in [-0.15, -0.1) is 0 Å². The number of hydrogen-bond donors (Lipinski definition) is 0. The molecule has 2 heterocycles. The molecule has 0 aliphatic carbocycles. The van der Waals surface area contributed by atoms with E-state index in [1.54, 1.807) is 11.0 Å². The lowest BCUT2D eigenvalue weighted by atomic mass is 10.1. The van der Waals surface area contributed by atoms with Gasteiger partial charge in [0.15, 0.2) is 5.76 Å². The van der Waals surface area contributed by atoms with Crippen LogP contribution in [0.1, 0.15) is 29.9 Å². The Labute approximate surface area is 140 Å². The smallest absolute Gasteiger partial charge is 0.252 e. The van der Waals surface area contributed by atoms with E-state index in [0.29, 0.717) is 12.3 Å². The molecule has 6 heteroatoms. The number of rotatable bonds is 4. The van der Waals surface area contributed by atoms with Gasteiger partial charge in [-0.25, -0.2) is 0 Å². The molecule has 2 aromatic rings. The first-order valence-corrected chi connectivity index (χ1v) is 8.10. The van der Waals surface area contributed by atoms with E-state index in [1.165, 1.54) is 0 Å². The predicted octanol–water partition coefficient (Wildman–Crippen LogP) is 3.52. The number of carbonyl (C=O) groups excluding carboxylic acids is 1. The van der Waals surface area contributed by atoms with E-state index in [4.69, 9.17) is 20.9 Å². The molecule has 0 N–H and O–H groups in total. The number of benzene rings is 1. The van der Waals surface area contributed by atoms with Crippen molar-refractivity contribution in [2.75, 3.05) is 18.1 Å². The Balaban J connectivity index is 1.66. The molecule has 1 amide bonds. The molecular formula is C17H19ClN2O3. The Kier molecular flexibility index (Phi) is 4.98. The average Bonchev–Trinajstić information content (AvgIpc) is 2.82.